The average molecular weight is 354 g/mol. The van der Waals surface area contributed by atoms with Crippen molar-refractivity contribution in [1.82, 2.24) is 4.40 Å². The Labute approximate surface area is 157 Å². The number of amides is 1. The molecule has 4 heteroatoms. The number of Topliss-reactive ketones (excluding diaryl/α,β-unsaturated/α-hetero) is 1. The van der Waals surface area contributed by atoms with Gasteiger partial charge < -0.3 is 9.72 Å². The van der Waals surface area contributed by atoms with Crippen molar-refractivity contribution in [1.29, 1.82) is 0 Å². The van der Waals surface area contributed by atoms with Crippen LogP contribution in [0.3, 0.4) is 0 Å². The monoisotopic (exact) mass is 354 g/mol. The number of carbonyl (C=O) groups is 2. The summed E-state index contributed by atoms with van der Waals surface area (Å²) >= 11 is 0. The van der Waals surface area contributed by atoms with Crippen LogP contribution in [0.2, 0.25) is 0 Å². The molecule has 0 saturated carbocycles. The average Bonchev–Trinajstić information content (AvgIpc) is 3.07. The molecule has 4 rings (SSSR count). The van der Waals surface area contributed by atoms with Gasteiger partial charge in [-0.2, -0.15) is 0 Å². The van der Waals surface area contributed by atoms with E-state index in [0.717, 1.165) is 22.2 Å². The van der Waals surface area contributed by atoms with Crippen LogP contribution >= 0.6 is 0 Å². The van der Waals surface area contributed by atoms with Gasteiger partial charge >= 0.3 is 0 Å². The lowest BCUT2D eigenvalue weighted by molar-refractivity contribution is -0.112. The number of anilines is 1. The molecular weight excluding hydrogens is 336 g/mol. The molecule has 0 saturated heterocycles. The Balaban J connectivity index is 1.78. The SMILES string of the molecule is Cc1cccc(NC(=O)C(=O)c2c(-c3ccccc3)cc3ccccn23)c1. The molecule has 132 valence electrons. The zero-order valence-corrected chi connectivity index (χ0v) is 14.8. The predicted molar refractivity (Wildman–Crippen MR) is 107 cm³/mol. The third kappa shape index (κ3) is 3.25. The minimum atomic E-state index is -0.651. The fourth-order valence-electron chi connectivity index (χ4n) is 3.21. The van der Waals surface area contributed by atoms with Gasteiger partial charge in [0.15, 0.2) is 0 Å². The number of hydrogen-bond acceptors (Lipinski definition) is 2. The van der Waals surface area contributed by atoms with Crippen LogP contribution in [-0.2, 0) is 4.79 Å². The van der Waals surface area contributed by atoms with Gasteiger partial charge in [0.05, 0.1) is 0 Å². The number of pyridine rings is 1. The molecule has 2 heterocycles. The zero-order chi connectivity index (χ0) is 18.8. The topological polar surface area (TPSA) is 50.6 Å². The van der Waals surface area contributed by atoms with E-state index in [-0.39, 0.29) is 0 Å². The number of rotatable bonds is 4. The van der Waals surface area contributed by atoms with Crippen LogP contribution < -0.4 is 5.32 Å². The van der Waals surface area contributed by atoms with Gasteiger partial charge in [-0.25, -0.2) is 0 Å². The van der Waals surface area contributed by atoms with Gasteiger partial charge in [-0.05, 0) is 48.4 Å². The second kappa shape index (κ2) is 6.92. The van der Waals surface area contributed by atoms with Crippen LogP contribution in [0.5, 0.6) is 0 Å². The lowest BCUT2D eigenvalue weighted by Crippen LogP contribution is -2.24. The number of aromatic nitrogens is 1. The van der Waals surface area contributed by atoms with Crippen molar-refractivity contribution in [2.45, 2.75) is 6.92 Å². The summed E-state index contributed by atoms with van der Waals surface area (Å²) in [6.07, 6.45) is 1.80. The minimum Gasteiger partial charge on any atom is -0.319 e. The van der Waals surface area contributed by atoms with Crippen LogP contribution in [0.15, 0.2) is 85.1 Å². The standard InChI is InChI=1S/C23H18N2O2/c1-16-8-7-11-18(14-16)24-23(27)22(26)21-20(17-9-3-2-4-10-17)15-19-12-5-6-13-25(19)21/h2-15H,1H3,(H,24,27). The second-order valence-electron chi connectivity index (χ2n) is 6.42. The third-order valence-electron chi connectivity index (χ3n) is 4.46. The Morgan fingerprint density at radius 2 is 1.63 bits per heavy atom. The predicted octanol–water partition coefficient (Wildman–Crippen LogP) is 4.74. The summed E-state index contributed by atoms with van der Waals surface area (Å²) in [4.78, 5) is 25.7. The summed E-state index contributed by atoms with van der Waals surface area (Å²) < 4.78 is 1.76. The van der Waals surface area contributed by atoms with Crippen LogP contribution in [0.1, 0.15) is 16.1 Å². The van der Waals surface area contributed by atoms with Crippen molar-refractivity contribution in [2.75, 3.05) is 5.32 Å². The molecule has 0 unspecified atom stereocenters. The Kier molecular flexibility index (Phi) is 4.30. The van der Waals surface area contributed by atoms with Gasteiger partial charge in [-0.3, -0.25) is 9.59 Å². The Morgan fingerprint density at radius 1 is 0.852 bits per heavy atom. The number of benzene rings is 2. The molecule has 1 amide bonds. The Morgan fingerprint density at radius 3 is 2.41 bits per heavy atom. The van der Waals surface area contributed by atoms with Crippen molar-refractivity contribution >= 4 is 22.9 Å². The number of nitrogens with zero attached hydrogens (tertiary/aromatic N) is 1. The molecule has 0 radical (unpaired) electrons. The highest BCUT2D eigenvalue weighted by atomic mass is 16.2. The van der Waals surface area contributed by atoms with Gasteiger partial charge in [-0.1, -0.05) is 48.5 Å². The van der Waals surface area contributed by atoms with Gasteiger partial charge in [0.25, 0.3) is 11.7 Å². The summed E-state index contributed by atoms with van der Waals surface area (Å²) in [6, 6.07) is 24.6. The van der Waals surface area contributed by atoms with Crippen LogP contribution in [-0.4, -0.2) is 16.1 Å². The number of hydrogen-bond donors (Lipinski definition) is 1. The number of nitrogens with one attached hydrogen (secondary N) is 1. The van der Waals surface area contributed by atoms with E-state index in [9.17, 15) is 9.59 Å². The second-order valence-corrected chi connectivity index (χ2v) is 6.42. The number of fused-ring (bicyclic) bond motifs is 1. The molecule has 4 nitrogen and oxygen atoms in total. The summed E-state index contributed by atoms with van der Waals surface area (Å²) in [6.45, 7) is 1.94. The van der Waals surface area contributed by atoms with E-state index in [1.54, 1.807) is 16.7 Å². The van der Waals surface area contributed by atoms with E-state index in [4.69, 9.17) is 0 Å². The van der Waals surface area contributed by atoms with Crippen LogP contribution in [0, 0.1) is 6.92 Å². The van der Waals surface area contributed by atoms with E-state index in [1.807, 2.05) is 79.7 Å². The maximum absolute atomic E-state index is 13.1. The maximum atomic E-state index is 13.1. The minimum absolute atomic E-state index is 0.363. The molecule has 2 aromatic heterocycles. The van der Waals surface area contributed by atoms with Crippen molar-refractivity contribution in [3.05, 3.63) is 96.3 Å². The highest BCUT2D eigenvalue weighted by molar-refractivity contribution is 6.47. The summed E-state index contributed by atoms with van der Waals surface area (Å²) in [5.41, 5.74) is 4.48. The first-order chi connectivity index (χ1) is 13.1. The third-order valence-corrected chi connectivity index (χ3v) is 4.46. The summed E-state index contributed by atoms with van der Waals surface area (Å²) in [5, 5.41) is 2.71. The molecule has 4 aromatic rings. The largest absolute Gasteiger partial charge is 0.319 e. The molecule has 0 fully saturated rings. The van der Waals surface area contributed by atoms with E-state index < -0.39 is 11.7 Å². The number of ketones is 1. The fraction of sp³-hybridized carbons (Fsp3) is 0.0435. The number of aryl methyl sites for hydroxylation is 1. The van der Waals surface area contributed by atoms with E-state index in [0.29, 0.717) is 11.4 Å². The van der Waals surface area contributed by atoms with Crippen LogP contribution in [0.25, 0.3) is 16.6 Å². The van der Waals surface area contributed by atoms with E-state index in [1.165, 1.54) is 0 Å². The molecular formula is C23H18N2O2. The molecule has 0 aliphatic rings. The quantitative estimate of drug-likeness (QED) is 0.425. The van der Waals surface area contributed by atoms with E-state index >= 15 is 0 Å². The molecule has 0 aliphatic carbocycles. The highest BCUT2D eigenvalue weighted by Crippen LogP contribution is 2.28. The van der Waals surface area contributed by atoms with Crippen LogP contribution in [0.4, 0.5) is 5.69 Å². The maximum Gasteiger partial charge on any atom is 0.298 e. The summed E-state index contributed by atoms with van der Waals surface area (Å²) in [7, 11) is 0. The van der Waals surface area contributed by atoms with Crippen molar-refractivity contribution in [3.63, 3.8) is 0 Å². The van der Waals surface area contributed by atoms with Gasteiger partial charge in [0.2, 0.25) is 0 Å². The number of carbonyl (C=O) groups excluding carboxylic acids is 2. The normalized spacial score (nSPS) is 10.7. The van der Waals surface area contributed by atoms with Gasteiger partial charge in [-0.15, -0.1) is 0 Å². The Bertz CT molecular complexity index is 1140. The lowest BCUT2D eigenvalue weighted by Gasteiger charge is -2.08. The smallest absolute Gasteiger partial charge is 0.298 e. The zero-order valence-electron chi connectivity index (χ0n) is 14.8. The lowest BCUT2D eigenvalue weighted by atomic mass is 10.0. The highest BCUT2D eigenvalue weighted by Gasteiger charge is 2.24. The summed E-state index contributed by atoms with van der Waals surface area (Å²) in [5.74, 6) is -1.22. The fourth-order valence-corrected chi connectivity index (χ4v) is 3.21. The van der Waals surface area contributed by atoms with Crippen molar-refractivity contribution in [2.24, 2.45) is 0 Å². The van der Waals surface area contributed by atoms with E-state index in [2.05, 4.69) is 5.32 Å². The first-order valence-corrected chi connectivity index (χ1v) is 8.71. The molecule has 0 aliphatic heterocycles. The first-order valence-electron chi connectivity index (χ1n) is 8.71. The van der Waals surface area contributed by atoms with Crippen molar-refractivity contribution in [3.8, 4) is 11.1 Å². The molecule has 2 aromatic carbocycles. The molecule has 27 heavy (non-hydrogen) atoms. The molecule has 1 N–H and O–H groups in total. The van der Waals surface area contributed by atoms with Gasteiger partial charge in [0, 0.05) is 23.0 Å². The van der Waals surface area contributed by atoms with Crippen molar-refractivity contribution < 1.29 is 9.59 Å². The Hall–Kier alpha value is -3.66. The van der Waals surface area contributed by atoms with Gasteiger partial charge in [0.1, 0.15) is 5.69 Å². The molecule has 0 atom stereocenters. The first kappa shape index (κ1) is 16.8. The molecule has 0 bridgehead atoms. The molecule has 0 spiro atoms.